The number of nitrogens with one attached hydrogen (secondary N) is 1. The molecule has 1 saturated heterocycles. The molecule has 0 unspecified atom stereocenters. The summed E-state index contributed by atoms with van der Waals surface area (Å²) >= 11 is 0. The van der Waals surface area contributed by atoms with E-state index in [0.29, 0.717) is 5.82 Å². The van der Waals surface area contributed by atoms with Crippen molar-refractivity contribution in [1.82, 2.24) is 25.0 Å². The Morgan fingerprint density at radius 3 is 2.38 bits per heavy atom. The van der Waals surface area contributed by atoms with Crippen LogP contribution in [-0.2, 0) is 4.79 Å². The maximum atomic E-state index is 12.4. The van der Waals surface area contributed by atoms with Gasteiger partial charge in [-0.05, 0) is 43.2 Å². The molecule has 0 spiro atoms. The first kappa shape index (κ1) is 16.2. The Bertz CT molecular complexity index is 841. The van der Waals surface area contributed by atoms with E-state index in [1.807, 2.05) is 24.4 Å². The highest BCUT2D eigenvalue weighted by Gasteiger charge is 2.25. The molecule has 3 aromatic rings. The number of carbonyl (C=O) groups excluding carboxylic acids is 1. The summed E-state index contributed by atoms with van der Waals surface area (Å²) in [5, 5.41) is 15.6. The number of aromatic nitrogens is 5. The van der Waals surface area contributed by atoms with Crippen molar-refractivity contribution in [2.24, 2.45) is 5.92 Å². The van der Waals surface area contributed by atoms with Crippen LogP contribution in [0.3, 0.4) is 0 Å². The van der Waals surface area contributed by atoms with E-state index in [1.54, 1.807) is 35.4 Å². The smallest absolute Gasteiger partial charge is 0.227 e. The van der Waals surface area contributed by atoms with E-state index >= 15 is 0 Å². The second-order valence-electron chi connectivity index (χ2n) is 6.19. The lowest BCUT2D eigenvalue weighted by Gasteiger charge is -2.31. The lowest BCUT2D eigenvalue weighted by molar-refractivity contribution is -0.120. The third kappa shape index (κ3) is 3.53. The third-order valence-corrected chi connectivity index (χ3v) is 4.51. The molecule has 0 aliphatic carbocycles. The van der Waals surface area contributed by atoms with E-state index in [9.17, 15) is 4.79 Å². The topological polar surface area (TPSA) is 88.8 Å². The number of hydrogen-bond acceptors (Lipinski definition) is 6. The first-order chi connectivity index (χ1) is 12.8. The largest absolute Gasteiger partial charge is 0.355 e. The Morgan fingerprint density at radius 2 is 1.73 bits per heavy atom. The van der Waals surface area contributed by atoms with Crippen molar-refractivity contribution in [2.75, 3.05) is 23.3 Å². The molecule has 1 N–H and O–H groups in total. The van der Waals surface area contributed by atoms with Crippen molar-refractivity contribution >= 4 is 17.4 Å². The van der Waals surface area contributed by atoms with Crippen molar-refractivity contribution in [2.45, 2.75) is 12.8 Å². The molecule has 0 atom stereocenters. The predicted molar refractivity (Wildman–Crippen MR) is 97.0 cm³/mol. The standard InChI is InChI=1S/C18H19N7O/c26-18(21-15-4-9-19-10-5-15)14-6-12-24(13-7-14)16-2-3-17(23-22-16)25-11-1-8-20-25/h1-5,8-11,14H,6-7,12-13H2,(H,19,21,26). The Hall–Kier alpha value is -3.29. The SMILES string of the molecule is O=C(Nc1ccncc1)C1CCN(c2ccc(-n3cccn3)nn2)CC1. The highest BCUT2D eigenvalue weighted by atomic mass is 16.1. The number of pyridine rings is 1. The minimum absolute atomic E-state index is 0.00993. The number of nitrogens with zero attached hydrogens (tertiary/aromatic N) is 6. The average molecular weight is 349 g/mol. The molecule has 8 nitrogen and oxygen atoms in total. The van der Waals surface area contributed by atoms with E-state index in [4.69, 9.17) is 0 Å². The fourth-order valence-electron chi connectivity index (χ4n) is 3.06. The van der Waals surface area contributed by atoms with Gasteiger partial charge >= 0.3 is 0 Å². The molecule has 1 amide bonds. The molecular formula is C18H19N7O. The maximum absolute atomic E-state index is 12.4. The van der Waals surface area contributed by atoms with Gasteiger partial charge in [0, 0.05) is 49.5 Å². The van der Waals surface area contributed by atoms with E-state index in [-0.39, 0.29) is 11.8 Å². The van der Waals surface area contributed by atoms with Gasteiger partial charge in [0.15, 0.2) is 11.6 Å². The Balaban J connectivity index is 1.34. The van der Waals surface area contributed by atoms with Crippen molar-refractivity contribution in [1.29, 1.82) is 0 Å². The number of hydrogen-bond donors (Lipinski definition) is 1. The van der Waals surface area contributed by atoms with Gasteiger partial charge in [0.2, 0.25) is 5.91 Å². The van der Waals surface area contributed by atoms with Gasteiger partial charge in [-0.15, -0.1) is 10.2 Å². The van der Waals surface area contributed by atoms with E-state index in [1.165, 1.54) is 0 Å². The molecule has 4 heterocycles. The molecule has 1 aliphatic rings. The van der Waals surface area contributed by atoms with E-state index in [0.717, 1.165) is 37.4 Å². The maximum Gasteiger partial charge on any atom is 0.227 e. The fraction of sp³-hybridized carbons (Fsp3) is 0.278. The van der Waals surface area contributed by atoms with Gasteiger partial charge < -0.3 is 10.2 Å². The van der Waals surface area contributed by atoms with Crippen LogP contribution in [-0.4, -0.2) is 44.0 Å². The summed E-state index contributed by atoms with van der Waals surface area (Å²) in [6, 6.07) is 9.28. The highest BCUT2D eigenvalue weighted by Crippen LogP contribution is 2.23. The molecule has 3 aromatic heterocycles. The quantitative estimate of drug-likeness (QED) is 0.774. The van der Waals surface area contributed by atoms with Crippen LogP contribution >= 0.6 is 0 Å². The van der Waals surface area contributed by atoms with Gasteiger partial charge in [0.05, 0.1) is 0 Å². The van der Waals surface area contributed by atoms with Crippen LogP contribution in [0.15, 0.2) is 55.1 Å². The highest BCUT2D eigenvalue weighted by molar-refractivity contribution is 5.92. The molecule has 0 saturated carbocycles. The van der Waals surface area contributed by atoms with Gasteiger partial charge in [-0.25, -0.2) is 4.68 Å². The molecular weight excluding hydrogens is 330 g/mol. The lowest BCUT2D eigenvalue weighted by Crippen LogP contribution is -2.38. The second kappa shape index (κ2) is 7.30. The molecule has 132 valence electrons. The normalized spacial score (nSPS) is 15.0. The number of rotatable bonds is 4. The first-order valence-electron chi connectivity index (χ1n) is 8.59. The number of piperidine rings is 1. The molecule has 0 radical (unpaired) electrons. The van der Waals surface area contributed by atoms with Crippen molar-refractivity contribution in [3.05, 3.63) is 55.1 Å². The van der Waals surface area contributed by atoms with Gasteiger partial charge in [-0.3, -0.25) is 9.78 Å². The Morgan fingerprint density at radius 1 is 1.00 bits per heavy atom. The zero-order valence-electron chi connectivity index (χ0n) is 14.2. The van der Waals surface area contributed by atoms with Gasteiger partial charge in [-0.1, -0.05) is 0 Å². The molecule has 4 rings (SSSR count). The number of anilines is 2. The van der Waals surface area contributed by atoms with Gasteiger partial charge in [0.25, 0.3) is 0 Å². The van der Waals surface area contributed by atoms with Crippen molar-refractivity contribution < 1.29 is 4.79 Å². The van der Waals surface area contributed by atoms with Crippen LogP contribution in [0.4, 0.5) is 11.5 Å². The predicted octanol–water partition coefficient (Wildman–Crippen LogP) is 1.91. The zero-order valence-corrected chi connectivity index (χ0v) is 14.2. The lowest BCUT2D eigenvalue weighted by atomic mass is 9.96. The number of carbonyl (C=O) groups is 1. The van der Waals surface area contributed by atoms with Crippen LogP contribution < -0.4 is 10.2 Å². The third-order valence-electron chi connectivity index (χ3n) is 4.51. The Labute approximate surface area is 150 Å². The van der Waals surface area contributed by atoms with Crippen molar-refractivity contribution in [3.8, 4) is 5.82 Å². The minimum Gasteiger partial charge on any atom is -0.355 e. The molecule has 1 aliphatic heterocycles. The summed E-state index contributed by atoms with van der Waals surface area (Å²) in [5.74, 6) is 1.59. The molecule has 8 heteroatoms. The summed E-state index contributed by atoms with van der Waals surface area (Å²) in [5.41, 5.74) is 0.785. The fourth-order valence-corrected chi connectivity index (χ4v) is 3.06. The summed E-state index contributed by atoms with van der Waals surface area (Å²) in [6.45, 7) is 1.56. The number of amides is 1. The van der Waals surface area contributed by atoms with Gasteiger partial charge in [-0.2, -0.15) is 5.10 Å². The molecule has 0 bridgehead atoms. The van der Waals surface area contributed by atoms with Crippen LogP contribution in [0.2, 0.25) is 0 Å². The summed E-state index contributed by atoms with van der Waals surface area (Å²) in [7, 11) is 0. The van der Waals surface area contributed by atoms with Crippen LogP contribution in [0, 0.1) is 5.92 Å². The van der Waals surface area contributed by atoms with Crippen LogP contribution in [0.25, 0.3) is 5.82 Å². The second-order valence-corrected chi connectivity index (χ2v) is 6.19. The molecule has 0 aromatic carbocycles. The Kier molecular flexibility index (Phi) is 4.55. The average Bonchev–Trinajstić information content (AvgIpc) is 3.24. The van der Waals surface area contributed by atoms with Crippen LogP contribution in [0.5, 0.6) is 0 Å². The van der Waals surface area contributed by atoms with E-state index in [2.05, 4.69) is 30.5 Å². The molecule has 26 heavy (non-hydrogen) atoms. The zero-order chi connectivity index (χ0) is 17.8. The first-order valence-corrected chi connectivity index (χ1v) is 8.59. The summed E-state index contributed by atoms with van der Waals surface area (Å²) < 4.78 is 1.67. The molecule has 1 fully saturated rings. The van der Waals surface area contributed by atoms with Gasteiger partial charge in [0.1, 0.15) is 0 Å². The van der Waals surface area contributed by atoms with Crippen LogP contribution in [0.1, 0.15) is 12.8 Å². The monoisotopic (exact) mass is 349 g/mol. The summed E-state index contributed by atoms with van der Waals surface area (Å²) in [6.07, 6.45) is 8.46. The van der Waals surface area contributed by atoms with E-state index < -0.39 is 0 Å². The summed E-state index contributed by atoms with van der Waals surface area (Å²) in [4.78, 5) is 18.5. The minimum atomic E-state index is 0.00993. The van der Waals surface area contributed by atoms with Crippen molar-refractivity contribution in [3.63, 3.8) is 0 Å².